The number of fused-ring (bicyclic) bond motifs is 1. The van der Waals surface area contributed by atoms with E-state index in [0.717, 1.165) is 32.9 Å². The highest BCUT2D eigenvalue weighted by molar-refractivity contribution is 7.19. The average molecular weight is 470 g/mol. The molecule has 1 heterocycles. The Labute approximate surface area is 194 Å². The summed E-state index contributed by atoms with van der Waals surface area (Å²) in [6.45, 7) is 4.17. The Bertz CT molecular complexity index is 1290. The predicted octanol–water partition coefficient (Wildman–Crippen LogP) is 7.69. The van der Waals surface area contributed by atoms with E-state index in [1.54, 1.807) is 23.5 Å². The topological polar surface area (TPSA) is 31.4 Å². The van der Waals surface area contributed by atoms with Gasteiger partial charge in [-0.05, 0) is 78.6 Å². The molecule has 0 amide bonds. The Hall–Kier alpha value is -3.32. The van der Waals surface area contributed by atoms with Gasteiger partial charge in [-0.1, -0.05) is 24.3 Å². The molecule has 0 aliphatic rings. The second kappa shape index (κ2) is 9.27. The fraction of sp³-hybridized carbons (Fsp3) is 0.192. The number of hydrogen-bond acceptors (Lipinski definition) is 4. The zero-order chi connectivity index (χ0) is 23.6. The van der Waals surface area contributed by atoms with Crippen LogP contribution in [0.3, 0.4) is 0 Å². The molecule has 0 saturated carbocycles. The highest BCUT2D eigenvalue weighted by atomic mass is 32.1. The van der Waals surface area contributed by atoms with Crippen LogP contribution in [0.2, 0.25) is 0 Å². The number of alkyl halides is 3. The maximum atomic E-state index is 12.9. The van der Waals surface area contributed by atoms with Gasteiger partial charge in [0.25, 0.3) is 0 Å². The molecular weight excluding hydrogens is 447 g/mol. The highest BCUT2D eigenvalue weighted by Crippen LogP contribution is 2.32. The van der Waals surface area contributed by atoms with Crippen LogP contribution in [0.1, 0.15) is 32.8 Å². The summed E-state index contributed by atoms with van der Waals surface area (Å²) in [5, 5.41) is 0.902. The molecule has 0 atom stereocenters. The minimum atomic E-state index is -4.39. The van der Waals surface area contributed by atoms with E-state index in [0.29, 0.717) is 17.1 Å². The van der Waals surface area contributed by atoms with Crippen LogP contribution in [0.4, 0.5) is 13.2 Å². The predicted molar refractivity (Wildman–Crippen MR) is 127 cm³/mol. The van der Waals surface area contributed by atoms with Crippen LogP contribution in [-0.4, -0.2) is 12.1 Å². The molecule has 0 bridgehead atoms. The minimum absolute atomic E-state index is 0.00000396. The lowest BCUT2D eigenvalue weighted by atomic mass is 10.1. The van der Waals surface area contributed by atoms with Crippen molar-refractivity contribution >= 4 is 33.7 Å². The Morgan fingerprint density at radius 1 is 0.939 bits per heavy atom. The summed E-state index contributed by atoms with van der Waals surface area (Å²) in [6, 6.07) is 14.8. The van der Waals surface area contributed by atoms with Gasteiger partial charge in [0, 0.05) is 0 Å². The van der Waals surface area contributed by atoms with Crippen LogP contribution in [0.25, 0.3) is 22.4 Å². The van der Waals surface area contributed by atoms with Gasteiger partial charge in [0.2, 0.25) is 0 Å². The average Bonchev–Trinajstić information content (AvgIpc) is 3.17. The van der Waals surface area contributed by atoms with E-state index in [1.807, 2.05) is 24.3 Å². The Balaban J connectivity index is 1.49. The van der Waals surface area contributed by atoms with E-state index in [2.05, 4.69) is 31.0 Å². The first-order valence-electron chi connectivity index (χ1n) is 10.3. The van der Waals surface area contributed by atoms with Crippen LogP contribution >= 0.6 is 11.3 Å². The molecule has 3 aromatic carbocycles. The van der Waals surface area contributed by atoms with Gasteiger partial charge in [-0.25, -0.2) is 4.98 Å². The summed E-state index contributed by atoms with van der Waals surface area (Å²) in [5.41, 5.74) is 4.07. The Kier molecular flexibility index (Phi) is 6.42. The third-order valence-corrected chi connectivity index (χ3v) is 6.26. The normalized spacial score (nSPS) is 11.9. The van der Waals surface area contributed by atoms with Gasteiger partial charge in [-0.2, -0.15) is 13.2 Å². The van der Waals surface area contributed by atoms with Gasteiger partial charge >= 0.3 is 6.18 Å². The zero-order valence-electron chi connectivity index (χ0n) is 18.4. The van der Waals surface area contributed by atoms with E-state index < -0.39 is 11.7 Å². The van der Waals surface area contributed by atoms with Crippen LogP contribution in [0.15, 0.2) is 54.6 Å². The molecule has 0 aliphatic heterocycles. The lowest BCUT2D eigenvalue weighted by Gasteiger charge is -2.13. The lowest BCUT2D eigenvalue weighted by molar-refractivity contribution is -0.137. The van der Waals surface area contributed by atoms with Crippen LogP contribution in [0.5, 0.6) is 11.5 Å². The SMILES string of the molecule is COc1cc(/C=C/c2nc3cc(C)c(C)cc3s2)ccc1OCc1cccc(C(F)(F)F)c1. The van der Waals surface area contributed by atoms with Gasteiger partial charge in [0.05, 0.1) is 22.9 Å². The summed E-state index contributed by atoms with van der Waals surface area (Å²) < 4.78 is 51.1. The summed E-state index contributed by atoms with van der Waals surface area (Å²) in [5.74, 6) is 0.956. The molecule has 0 radical (unpaired) electrons. The maximum absolute atomic E-state index is 12.9. The van der Waals surface area contributed by atoms with Crippen molar-refractivity contribution in [1.82, 2.24) is 4.98 Å². The summed E-state index contributed by atoms with van der Waals surface area (Å²) in [7, 11) is 1.53. The number of nitrogens with zero attached hydrogens (tertiary/aromatic N) is 1. The zero-order valence-corrected chi connectivity index (χ0v) is 19.2. The van der Waals surface area contributed by atoms with E-state index >= 15 is 0 Å². The smallest absolute Gasteiger partial charge is 0.416 e. The molecule has 4 rings (SSSR count). The first-order valence-corrected chi connectivity index (χ1v) is 11.1. The highest BCUT2D eigenvalue weighted by Gasteiger charge is 2.30. The van der Waals surface area contributed by atoms with Crippen molar-refractivity contribution in [3.8, 4) is 11.5 Å². The molecule has 0 spiro atoms. The Morgan fingerprint density at radius 3 is 2.48 bits per heavy atom. The Morgan fingerprint density at radius 2 is 1.73 bits per heavy atom. The van der Waals surface area contributed by atoms with Gasteiger partial charge < -0.3 is 9.47 Å². The second-order valence-electron chi connectivity index (χ2n) is 7.69. The first-order chi connectivity index (χ1) is 15.7. The summed E-state index contributed by atoms with van der Waals surface area (Å²) in [6.07, 6.45) is -0.494. The van der Waals surface area contributed by atoms with Crippen molar-refractivity contribution in [2.24, 2.45) is 0 Å². The standard InChI is InChI=1S/C26H22F3NO2S/c1-16-11-21-24(12-17(16)2)33-25(30-21)10-8-18-7-9-22(23(14-18)31-3)32-15-19-5-4-6-20(13-19)26(27,28)29/h4-14H,15H2,1-3H3/b10-8+. The van der Waals surface area contributed by atoms with E-state index in [-0.39, 0.29) is 6.61 Å². The maximum Gasteiger partial charge on any atom is 0.416 e. The molecule has 0 saturated heterocycles. The van der Waals surface area contributed by atoms with Crippen LogP contribution in [0, 0.1) is 13.8 Å². The first kappa shape index (κ1) is 22.9. The number of hydrogen-bond donors (Lipinski definition) is 0. The molecule has 33 heavy (non-hydrogen) atoms. The van der Waals surface area contributed by atoms with Gasteiger partial charge in [-0.3, -0.25) is 0 Å². The number of rotatable bonds is 6. The van der Waals surface area contributed by atoms with Crippen molar-refractivity contribution in [2.45, 2.75) is 26.6 Å². The van der Waals surface area contributed by atoms with Crippen LogP contribution < -0.4 is 9.47 Å². The molecule has 0 aliphatic carbocycles. The number of methoxy groups -OCH3 is 1. The van der Waals surface area contributed by atoms with Crippen molar-refractivity contribution in [3.05, 3.63) is 87.4 Å². The summed E-state index contributed by atoms with van der Waals surface area (Å²) >= 11 is 1.63. The largest absolute Gasteiger partial charge is 0.493 e. The lowest BCUT2D eigenvalue weighted by Crippen LogP contribution is -2.06. The summed E-state index contributed by atoms with van der Waals surface area (Å²) in [4.78, 5) is 4.67. The second-order valence-corrected chi connectivity index (χ2v) is 8.75. The molecule has 4 aromatic rings. The number of halogens is 3. The minimum Gasteiger partial charge on any atom is -0.493 e. The number of aromatic nitrogens is 1. The third kappa shape index (κ3) is 5.37. The van der Waals surface area contributed by atoms with Crippen LogP contribution in [-0.2, 0) is 12.8 Å². The fourth-order valence-electron chi connectivity index (χ4n) is 3.34. The van der Waals surface area contributed by atoms with E-state index in [1.165, 1.54) is 24.3 Å². The molecule has 7 heteroatoms. The molecular formula is C26H22F3NO2S. The van der Waals surface area contributed by atoms with Gasteiger partial charge in [-0.15, -0.1) is 11.3 Å². The number of benzene rings is 3. The molecule has 0 fully saturated rings. The third-order valence-electron chi connectivity index (χ3n) is 5.28. The fourth-order valence-corrected chi connectivity index (χ4v) is 4.29. The van der Waals surface area contributed by atoms with E-state index in [9.17, 15) is 13.2 Å². The molecule has 3 nitrogen and oxygen atoms in total. The van der Waals surface area contributed by atoms with Gasteiger partial charge in [0.1, 0.15) is 11.6 Å². The van der Waals surface area contributed by atoms with Gasteiger partial charge in [0.15, 0.2) is 11.5 Å². The quantitative estimate of drug-likeness (QED) is 0.290. The van der Waals surface area contributed by atoms with E-state index in [4.69, 9.17) is 9.47 Å². The van der Waals surface area contributed by atoms with Crippen molar-refractivity contribution in [1.29, 1.82) is 0 Å². The molecule has 0 unspecified atom stereocenters. The van der Waals surface area contributed by atoms with Crippen molar-refractivity contribution in [2.75, 3.05) is 7.11 Å². The number of aryl methyl sites for hydroxylation is 2. The molecule has 1 aromatic heterocycles. The molecule has 0 N–H and O–H groups in total. The number of ether oxygens (including phenoxy) is 2. The number of thiazole rings is 1. The van der Waals surface area contributed by atoms with Crippen molar-refractivity contribution < 1.29 is 22.6 Å². The monoisotopic (exact) mass is 469 g/mol. The van der Waals surface area contributed by atoms with Crippen molar-refractivity contribution in [3.63, 3.8) is 0 Å². The molecule has 170 valence electrons.